The van der Waals surface area contributed by atoms with Gasteiger partial charge in [0.25, 0.3) is 0 Å². The summed E-state index contributed by atoms with van der Waals surface area (Å²) in [7, 11) is 0. The van der Waals surface area contributed by atoms with Crippen molar-refractivity contribution in [3.05, 3.63) is 48.2 Å². The van der Waals surface area contributed by atoms with Crippen LogP contribution in [0.1, 0.15) is 5.56 Å². The van der Waals surface area contributed by atoms with Crippen molar-refractivity contribution in [1.82, 2.24) is 15.1 Å². The lowest BCUT2D eigenvalue weighted by molar-refractivity contribution is -0.122. The van der Waals surface area contributed by atoms with Crippen molar-refractivity contribution < 1.29 is 9.90 Å². The van der Waals surface area contributed by atoms with E-state index in [0.717, 1.165) is 5.56 Å². The third kappa shape index (κ3) is 4.10. The van der Waals surface area contributed by atoms with Crippen molar-refractivity contribution in [2.45, 2.75) is 19.0 Å². The predicted octanol–water partition coefficient (Wildman–Crippen LogP) is 0.185. The molecule has 1 amide bonds. The molecule has 0 fully saturated rings. The summed E-state index contributed by atoms with van der Waals surface area (Å²) in [6.45, 7) is -0.0234. The smallest absolute Gasteiger partial charge is 0.242 e. The van der Waals surface area contributed by atoms with Crippen LogP contribution in [0, 0.1) is 0 Å². The Morgan fingerprint density at radius 1 is 1.35 bits per heavy atom. The Balaban J connectivity index is 1.88. The van der Waals surface area contributed by atoms with Crippen molar-refractivity contribution in [3.8, 4) is 0 Å². The van der Waals surface area contributed by atoms with E-state index >= 15 is 0 Å². The lowest BCUT2D eigenvalue weighted by atomic mass is 10.1. The van der Waals surface area contributed by atoms with E-state index < -0.39 is 0 Å². The third-order valence-electron chi connectivity index (χ3n) is 2.88. The molecular weight excluding hydrogens is 256 g/mol. The summed E-state index contributed by atoms with van der Waals surface area (Å²) in [6.07, 6.45) is 2.23. The fraction of sp³-hybridized carbons (Fsp3) is 0.286. The van der Waals surface area contributed by atoms with Crippen molar-refractivity contribution >= 4 is 11.7 Å². The summed E-state index contributed by atoms with van der Waals surface area (Å²) < 4.78 is 1.46. The number of anilines is 1. The van der Waals surface area contributed by atoms with Gasteiger partial charge < -0.3 is 16.2 Å². The lowest BCUT2D eigenvalue weighted by Gasteiger charge is -2.16. The summed E-state index contributed by atoms with van der Waals surface area (Å²) >= 11 is 0. The first kappa shape index (κ1) is 14.1. The number of carbonyl (C=O) groups excluding carboxylic acids is 1. The van der Waals surface area contributed by atoms with E-state index in [2.05, 4.69) is 10.4 Å². The molecule has 1 aromatic heterocycles. The third-order valence-corrected chi connectivity index (χ3v) is 2.88. The number of hydrogen-bond donors (Lipinski definition) is 3. The van der Waals surface area contributed by atoms with Crippen molar-refractivity contribution in [2.75, 3.05) is 12.3 Å². The minimum Gasteiger partial charge on any atom is -0.394 e. The Morgan fingerprint density at radius 3 is 2.70 bits per heavy atom. The SMILES string of the molecule is Nc1ccn(CC(=O)N[C@H](CO)Cc2ccccc2)n1. The van der Waals surface area contributed by atoms with Crippen LogP contribution in [-0.4, -0.2) is 33.4 Å². The fourth-order valence-corrected chi connectivity index (χ4v) is 1.95. The van der Waals surface area contributed by atoms with Crippen LogP contribution in [0.5, 0.6) is 0 Å². The summed E-state index contributed by atoms with van der Waals surface area (Å²) in [5, 5.41) is 16.1. The first-order valence-corrected chi connectivity index (χ1v) is 6.40. The summed E-state index contributed by atoms with van der Waals surface area (Å²) in [4.78, 5) is 11.9. The maximum atomic E-state index is 11.9. The number of aliphatic hydroxyl groups excluding tert-OH is 1. The van der Waals surface area contributed by atoms with Gasteiger partial charge in [0.2, 0.25) is 5.91 Å². The van der Waals surface area contributed by atoms with Gasteiger partial charge in [-0.25, -0.2) is 0 Å². The average molecular weight is 274 g/mol. The summed E-state index contributed by atoms with van der Waals surface area (Å²) in [5.41, 5.74) is 6.55. The highest BCUT2D eigenvalue weighted by molar-refractivity contribution is 5.76. The Bertz CT molecular complexity index is 553. The van der Waals surface area contributed by atoms with Crippen LogP contribution in [0.2, 0.25) is 0 Å². The van der Waals surface area contributed by atoms with Crippen LogP contribution in [0.15, 0.2) is 42.6 Å². The lowest BCUT2D eigenvalue weighted by Crippen LogP contribution is -2.40. The van der Waals surface area contributed by atoms with Gasteiger partial charge in [0, 0.05) is 6.20 Å². The average Bonchev–Trinajstić information content (AvgIpc) is 2.84. The molecule has 0 aliphatic rings. The first-order chi connectivity index (χ1) is 9.67. The molecule has 2 aromatic rings. The molecule has 1 heterocycles. The second kappa shape index (κ2) is 6.72. The topological polar surface area (TPSA) is 93.2 Å². The molecule has 6 heteroatoms. The molecule has 0 radical (unpaired) electrons. The van der Waals surface area contributed by atoms with Gasteiger partial charge in [0.05, 0.1) is 12.6 Å². The highest BCUT2D eigenvalue weighted by Gasteiger charge is 2.12. The van der Waals surface area contributed by atoms with Crippen LogP contribution in [-0.2, 0) is 17.8 Å². The molecule has 0 aliphatic heterocycles. The molecule has 2 rings (SSSR count). The molecule has 0 spiro atoms. The quantitative estimate of drug-likeness (QED) is 0.701. The van der Waals surface area contributed by atoms with E-state index in [-0.39, 0.29) is 25.1 Å². The molecule has 6 nitrogen and oxygen atoms in total. The number of rotatable bonds is 6. The number of benzene rings is 1. The number of amides is 1. The second-order valence-electron chi connectivity index (χ2n) is 4.57. The Kier molecular flexibility index (Phi) is 4.73. The van der Waals surface area contributed by atoms with Crippen LogP contribution >= 0.6 is 0 Å². The number of aromatic nitrogens is 2. The molecule has 1 aromatic carbocycles. The van der Waals surface area contributed by atoms with E-state index in [1.807, 2.05) is 30.3 Å². The van der Waals surface area contributed by atoms with Gasteiger partial charge in [-0.2, -0.15) is 5.10 Å². The van der Waals surface area contributed by atoms with Crippen LogP contribution in [0.3, 0.4) is 0 Å². The number of carbonyl (C=O) groups is 1. The number of nitrogens with zero attached hydrogens (tertiary/aromatic N) is 2. The van der Waals surface area contributed by atoms with Crippen LogP contribution < -0.4 is 11.1 Å². The minimum absolute atomic E-state index is 0.0858. The predicted molar refractivity (Wildman–Crippen MR) is 75.8 cm³/mol. The maximum absolute atomic E-state index is 11.9. The highest BCUT2D eigenvalue weighted by Crippen LogP contribution is 2.03. The van der Waals surface area contributed by atoms with Crippen molar-refractivity contribution in [1.29, 1.82) is 0 Å². The number of nitrogens with two attached hydrogens (primary N) is 1. The number of nitrogens with one attached hydrogen (secondary N) is 1. The Hall–Kier alpha value is -2.34. The first-order valence-electron chi connectivity index (χ1n) is 6.40. The van der Waals surface area contributed by atoms with Crippen LogP contribution in [0.4, 0.5) is 5.82 Å². The Morgan fingerprint density at radius 2 is 2.10 bits per heavy atom. The maximum Gasteiger partial charge on any atom is 0.242 e. The van der Waals surface area contributed by atoms with E-state index in [1.54, 1.807) is 12.3 Å². The standard InChI is InChI=1S/C14H18N4O2/c15-13-6-7-18(17-13)9-14(20)16-12(10-19)8-11-4-2-1-3-5-11/h1-7,12,19H,8-10H2,(H2,15,17)(H,16,20)/t12-/m0/s1. The zero-order valence-electron chi connectivity index (χ0n) is 11.1. The van der Waals surface area contributed by atoms with E-state index in [9.17, 15) is 9.90 Å². The highest BCUT2D eigenvalue weighted by atomic mass is 16.3. The number of nitrogen functional groups attached to an aromatic ring is 1. The molecule has 0 saturated carbocycles. The van der Waals surface area contributed by atoms with Crippen LogP contribution in [0.25, 0.3) is 0 Å². The van der Waals surface area contributed by atoms with E-state index in [0.29, 0.717) is 12.2 Å². The molecule has 0 aliphatic carbocycles. The molecular formula is C14H18N4O2. The largest absolute Gasteiger partial charge is 0.394 e. The van der Waals surface area contributed by atoms with Gasteiger partial charge in [0.1, 0.15) is 12.4 Å². The van der Waals surface area contributed by atoms with Gasteiger partial charge in [-0.1, -0.05) is 30.3 Å². The van der Waals surface area contributed by atoms with Crippen molar-refractivity contribution in [3.63, 3.8) is 0 Å². The van der Waals surface area contributed by atoms with E-state index in [4.69, 9.17) is 5.73 Å². The normalized spacial score (nSPS) is 12.1. The monoisotopic (exact) mass is 274 g/mol. The number of hydrogen-bond acceptors (Lipinski definition) is 4. The molecule has 4 N–H and O–H groups in total. The van der Waals surface area contributed by atoms with Gasteiger partial charge in [-0.05, 0) is 18.1 Å². The fourth-order valence-electron chi connectivity index (χ4n) is 1.95. The van der Waals surface area contributed by atoms with Gasteiger partial charge >= 0.3 is 0 Å². The molecule has 0 saturated heterocycles. The summed E-state index contributed by atoms with van der Waals surface area (Å²) in [6, 6.07) is 11.0. The minimum atomic E-state index is -0.308. The zero-order valence-corrected chi connectivity index (χ0v) is 11.1. The van der Waals surface area contributed by atoms with Gasteiger partial charge in [-0.15, -0.1) is 0 Å². The zero-order chi connectivity index (χ0) is 14.4. The summed E-state index contributed by atoms with van der Waals surface area (Å²) in [5.74, 6) is 0.170. The number of aliphatic hydroxyl groups is 1. The van der Waals surface area contributed by atoms with Crippen molar-refractivity contribution in [2.24, 2.45) is 0 Å². The Labute approximate surface area is 117 Å². The molecule has 0 bridgehead atoms. The van der Waals surface area contributed by atoms with Gasteiger partial charge in [-0.3, -0.25) is 9.48 Å². The molecule has 0 unspecified atom stereocenters. The second-order valence-corrected chi connectivity index (χ2v) is 4.57. The molecule has 106 valence electrons. The van der Waals surface area contributed by atoms with E-state index in [1.165, 1.54) is 4.68 Å². The molecule has 20 heavy (non-hydrogen) atoms. The van der Waals surface area contributed by atoms with Gasteiger partial charge in [0.15, 0.2) is 0 Å². The molecule has 1 atom stereocenters.